The lowest BCUT2D eigenvalue weighted by atomic mass is 10.0. The highest BCUT2D eigenvalue weighted by atomic mass is 19.1. The number of pyridine rings is 2. The number of aromatic nitrogens is 2. The van der Waals surface area contributed by atoms with Crippen LogP contribution >= 0.6 is 0 Å². The number of nitrogens with zero attached hydrogens (tertiary/aromatic N) is 2. The number of methoxy groups -OCH3 is 1. The first-order valence-corrected chi connectivity index (χ1v) is 10.9. The molecule has 0 aliphatic heterocycles. The minimum Gasteiger partial charge on any atom is -0.484 e. The maximum Gasteiger partial charge on any atom is 0.361 e. The van der Waals surface area contributed by atoms with Crippen LogP contribution in [0.4, 0.5) is 4.39 Å². The van der Waals surface area contributed by atoms with Crippen molar-refractivity contribution in [2.24, 2.45) is 0 Å². The number of ether oxygens (including phenoxy) is 3. The van der Waals surface area contributed by atoms with E-state index in [1.165, 1.54) is 12.1 Å². The van der Waals surface area contributed by atoms with Gasteiger partial charge in [0.05, 0.1) is 6.61 Å². The Hall–Kier alpha value is -3.84. The van der Waals surface area contributed by atoms with Gasteiger partial charge in [0.15, 0.2) is 11.4 Å². The van der Waals surface area contributed by atoms with E-state index in [4.69, 9.17) is 14.2 Å². The second-order valence-electron chi connectivity index (χ2n) is 7.97. The quantitative estimate of drug-likeness (QED) is 0.323. The molecule has 0 spiro atoms. The molecule has 0 radical (unpaired) electrons. The van der Waals surface area contributed by atoms with E-state index in [0.717, 1.165) is 22.1 Å². The molecule has 2 heterocycles. The van der Waals surface area contributed by atoms with Crippen LogP contribution in [0.25, 0.3) is 10.9 Å². The summed E-state index contributed by atoms with van der Waals surface area (Å²) in [6.45, 7) is 2.26. The van der Waals surface area contributed by atoms with Gasteiger partial charge in [0.1, 0.15) is 24.0 Å². The van der Waals surface area contributed by atoms with Gasteiger partial charge in [-0.3, -0.25) is 4.98 Å². The van der Waals surface area contributed by atoms with Crippen LogP contribution in [0.3, 0.4) is 0 Å². The van der Waals surface area contributed by atoms with Crippen molar-refractivity contribution in [2.75, 3.05) is 13.7 Å². The third-order valence-electron chi connectivity index (χ3n) is 5.19. The van der Waals surface area contributed by atoms with Gasteiger partial charge in [-0.25, -0.2) is 14.2 Å². The number of fused-ring (bicyclic) bond motifs is 1. The number of carbonyl (C=O) groups is 1. The first kappa shape index (κ1) is 23.3. The Morgan fingerprint density at radius 3 is 2.47 bits per heavy atom. The van der Waals surface area contributed by atoms with Crippen LogP contribution < -0.4 is 4.74 Å². The highest BCUT2D eigenvalue weighted by molar-refractivity contribution is 5.97. The number of hydrogen-bond donors (Lipinski definition) is 0. The van der Waals surface area contributed by atoms with E-state index < -0.39 is 12.1 Å². The fourth-order valence-corrected chi connectivity index (χ4v) is 3.57. The maximum atomic E-state index is 13.2. The van der Waals surface area contributed by atoms with E-state index in [0.29, 0.717) is 11.9 Å². The normalized spacial score (nSPS) is 11.9. The third kappa shape index (κ3) is 5.74. The second kappa shape index (κ2) is 10.9. The SMILES string of the molecule is COCC(C)OC(=O)c1ncc2cc(Cc3ccc(F)cc3)cnc2c1OCc1ccccc1. The van der Waals surface area contributed by atoms with Crippen LogP contribution in [-0.2, 0) is 22.5 Å². The topological polar surface area (TPSA) is 70.5 Å². The molecule has 1 atom stereocenters. The molecular weight excluding hydrogens is 435 g/mol. The Kier molecular flexibility index (Phi) is 7.44. The largest absolute Gasteiger partial charge is 0.484 e. The number of halogens is 1. The van der Waals surface area contributed by atoms with Crippen LogP contribution in [0.5, 0.6) is 5.75 Å². The molecule has 4 rings (SSSR count). The molecule has 1 unspecified atom stereocenters. The van der Waals surface area contributed by atoms with Gasteiger partial charge in [-0.2, -0.15) is 0 Å². The number of benzene rings is 2. The third-order valence-corrected chi connectivity index (χ3v) is 5.19. The molecule has 174 valence electrons. The molecule has 0 aliphatic rings. The predicted octanol–water partition coefficient (Wildman–Crippen LogP) is 5.13. The molecule has 0 N–H and O–H groups in total. The van der Waals surface area contributed by atoms with E-state index >= 15 is 0 Å². The van der Waals surface area contributed by atoms with E-state index in [1.807, 2.05) is 36.4 Å². The van der Waals surface area contributed by atoms with Crippen molar-refractivity contribution in [1.29, 1.82) is 0 Å². The molecule has 0 saturated heterocycles. The highest BCUT2D eigenvalue weighted by Crippen LogP contribution is 2.29. The summed E-state index contributed by atoms with van der Waals surface area (Å²) >= 11 is 0. The number of rotatable bonds is 9. The van der Waals surface area contributed by atoms with Gasteiger partial charge in [0, 0.05) is 24.9 Å². The summed E-state index contributed by atoms with van der Waals surface area (Å²) in [6.07, 6.45) is 3.46. The van der Waals surface area contributed by atoms with Gasteiger partial charge >= 0.3 is 5.97 Å². The average molecular weight is 461 g/mol. The van der Waals surface area contributed by atoms with Gasteiger partial charge in [0.2, 0.25) is 0 Å². The molecular formula is C27H25FN2O4. The van der Waals surface area contributed by atoms with Crippen LogP contribution in [0.2, 0.25) is 0 Å². The van der Waals surface area contributed by atoms with Crippen molar-refractivity contribution in [2.45, 2.75) is 26.1 Å². The monoisotopic (exact) mass is 460 g/mol. The zero-order chi connectivity index (χ0) is 23.9. The summed E-state index contributed by atoms with van der Waals surface area (Å²) in [5, 5.41) is 0.726. The first-order chi connectivity index (χ1) is 16.5. The fourth-order valence-electron chi connectivity index (χ4n) is 3.57. The first-order valence-electron chi connectivity index (χ1n) is 10.9. The highest BCUT2D eigenvalue weighted by Gasteiger charge is 2.22. The van der Waals surface area contributed by atoms with Crippen molar-refractivity contribution < 1.29 is 23.4 Å². The van der Waals surface area contributed by atoms with E-state index in [9.17, 15) is 9.18 Å². The van der Waals surface area contributed by atoms with E-state index in [1.54, 1.807) is 38.6 Å². The van der Waals surface area contributed by atoms with Gasteiger partial charge < -0.3 is 14.2 Å². The molecule has 0 aliphatic carbocycles. The molecule has 7 heteroatoms. The lowest BCUT2D eigenvalue weighted by molar-refractivity contribution is 0.0110. The zero-order valence-corrected chi connectivity index (χ0v) is 19.0. The second-order valence-corrected chi connectivity index (χ2v) is 7.97. The molecule has 2 aromatic heterocycles. The summed E-state index contributed by atoms with van der Waals surface area (Å²) in [5.41, 5.74) is 3.41. The summed E-state index contributed by atoms with van der Waals surface area (Å²) in [6, 6.07) is 17.9. The Morgan fingerprint density at radius 2 is 1.74 bits per heavy atom. The summed E-state index contributed by atoms with van der Waals surface area (Å²) in [4.78, 5) is 21.8. The van der Waals surface area contributed by atoms with Crippen LogP contribution in [0.15, 0.2) is 73.1 Å². The minimum absolute atomic E-state index is 0.0603. The molecule has 0 fully saturated rings. The van der Waals surface area contributed by atoms with E-state index in [-0.39, 0.29) is 30.5 Å². The summed E-state index contributed by atoms with van der Waals surface area (Å²) in [5.74, 6) is -0.611. The standard InChI is InChI=1S/C27H25FN2O4/c1-18(16-32-2)34-27(31)25-26(33-17-20-6-4-3-5-7-20)24-22(15-30-25)13-21(14-29-24)12-19-8-10-23(28)11-9-19/h3-11,13-15,18H,12,16-17H2,1-2H3. The average Bonchev–Trinajstić information content (AvgIpc) is 2.84. The molecule has 0 amide bonds. The van der Waals surface area contributed by atoms with Gasteiger partial charge in [0.25, 0.3) is 0 Å². The number of carbonyl (C=O) groups excluding carboxylic acids is 1. The number of esters is 1. The summed E-state index contributed by atoms with van der Waals surface area (Å²) in [7, 11) is 1.54. The van der Waals surface area contributed by atoms with Crippen molar-refractivity contribution in [3.63, 3.8) is 0 Å². The minimum atomic E-state index is -0.605. The van der Waals surface area contributed by atoms with Crippen LogP contribution in [0, 0.1) is 5.82 Å². The van der Waals surface area contributed by atoms with Crippen LogP contribution in [-0.4, -0.2) is 35.8 Å². The molecule has 34 heavy (non-hydrogen) atoms. The van der Waals surface area contributed by atoms with Crippen LogP contribution in [0.1, 0.15) is 34.1 Å². The van der Waals surface area contributed by atoms with Gasteiger partial charge in [-0.15, -0.1) is 0 Å². The maximum absolute atomic E-state index is 13.2. The van der Waals surface area contributed by atoms with Crippen molar-refractivity contribution in [1.82, 2.24) is 9.97 Å². The molecule has 2 aromatic carbocycles. The van der Waals surface area contributed by atoms with E-state index in [2.05, 4.69) is 9.97 Å². The van der Waals surface area contributed by atoms with Gasteiger partial charge in [-0.05, 0) is 48.2 Å². The predicted molar refractivity (Wildman–Crippen MR) is 126 cm³/mol. The Morgan fingerprint density at radius 1 is 0.971 bits per heavy atom. The molecule has 4 aromatic rings. The molecule has 0 saturated carbocycles. The smallest absolute Gasteiger partial charge is 0.361 e. The lowest BCUT2D eigenvalue weighted by Gasteiger charge is -2.16. The van der Waals surface area contributed by atoms with Gasteiger partial charge in [-0.1, -0.05) is 42.5 Å². The summed E-state index contributed by atoms with van der Waals surface area (Å²) < 4.78 is 29.8. The zero-order valence-electron chi connectivity index (χ0n) is 19.0. The molecule has 6 nitrogen and oxygen atoms in total. The Bertz CT molecular complexity index is 1260. The number of hydrogen-bond acceptors (Lipinski definition) is 6. The van der Waals surface area contributed by atoms with Crippen molar-refractivity contribution in [3.8, 4) is 5.75 Å². The lowest BCUT2D eigenvalue weighted by Crippen LogP contribution is -2.21. The van der Waals surface area contributed by atoms with Crippen molar-refractivity contribution in [3.05, 3.63) is 101 Å². The Labute approximate surface area is 197 Å². The Balaban J connectivity index is 1.67. The fraction of sp³-hybridized carbons (Fsp3) is 0.222. The molecule has 0 bridgehead atoms. The van der Waals surface area contributed by atoms with Crippen molar-refractivity contribution >= 4 is 16.9 Å².